The fourth-order valence-electron chi connectivity index (χ4n) is 1.36. The van der Waals surface area contributed by atoms with Crippen LogP contribution in [-0.2, 0) is 15.6 Å². The lowest BCUT2D eigenvalue weighted by Crippen LogP contribution is -2.22. The largest absolute Gasteiger partial charge is 0.488 e. The third-order valence-electron chi connectivity index (χ3n) is 2.17. The normalized spacial score (nSPS) is 12.5. The Bertz CT molecular complexity index is 452. The lowest BCUT2D eigenvalue weighted by Gasteiger charge is -2.21. The van der Waals surface area contributed by atoms with Crippen molar-refractivity contribution in [3.63, 3.8) is 0 Å². The average Bonchev–Trinajstić information content (AvgIpc) is 2.19. The van der Waals surface area contributed by atoms with Gasteiger partial charge in [0.05, 0.1) is 5.75 Å². The first-order chi connectivity index (χ1) is 7.72. The molecule has 0 aliphatic rings. The molecule has 4 heteroatoms. The summed E-state index contributed by atoms with van der Waals surface area (Å²) in [4.78, 5) is 0. The SMILES string of the molecule is CCS(=O)(=O)Cc1ccc(OC(C)(C)C)cc1. The van der Waals surface area contributed by atoms with Gasteiger partial charge in [-0.15, -0.1) is 0 Å². The van der Waals surface area contributed by atoms with Crippen LogP contribution in [0.4, 0.5) is 0 Å². The predicted octanol–water partition coefficient (Wildman–Crippen LogP) is 2.80. The summed E-state index contributed by atoms with van der Waals surface area (Å²) < 4.78 is 28.6. The van der Waals surface area contributed by atoms with Crippen molar-refractivity contribution in [2.75, 3.05) is 5.75 Å². The summed E-state index contributed by atoms with van der Waals surface area (Å²) in [7, 11) is -2.96. The van der Waals surface area contributed by atoms with Gasteiger partial charge in [-0.25, -0.2) is 8.42 Å². The quantitative estimate of drug-likeness (QED) is 0.832. The monoisotopic (exact) mass is 256 g/mol. The van der Waals surface area contributed by atoms with Crippen LogP contribution in [0.3, 0.4) is 0 Å². The van der Waals surface area contributed by atoms with E-state index >= 15 is 0 Å². The standard InChI is InChI=1S/C13H20O3S/c1-5-17(14,15)10-11-6-8-12(9-7-11)16-13(2,3)4/h6-9H,5,10H2,1-4H3. The van der Waals surface area contributed by atoms with E-state index in [-0.39, 0.29) is 17.1 Å². The molecule has 0 bridgehead atoms. The van der Waals surface area contributed by atoms with Crippen LogP contribution in [-0.4, -0.2) is 19.8 Å². The molecule has 1 aromatic carbocycles. The van der Waals surface area contributed by atoms with Gasteiger partial charge < -0.3 is 4.74 Å². The molecule has 0 atom stereocenters. The second kappa shape index (κ2) is 5.08. The number of ether oxygens (including phenoxy) is 1. The predicted molar refractivity (Wildman–Crippen MR) is 70.0 cm³/mol. The minimum atomic E-state index is -2.96. The highest BCUT2D eigenvalue weighted by molar-refractivity contribution is 7.90. The Hall–Kier alpha value is -1.03. The Labute approximate surface area is 104 Å². The summed E-state index contributed by atoms with van der Waals surface area (Å²) in [6.07, 6.45) is 0. The van der Waals surface area contributed by atoms with Crippen LogP contribution in [0.5, 0.6) is 5.75 Å². The highest BCUT2D eigenvalue weighted by Gasteiger charge is 2.12. The van der Waals surface area contributed by atoms with Crippen LogP contribution in [0, 0.1) is 0 Å². The van der Waals surface area contributed by atoms with E-state index in [4.69, 9.17) is 4.74 Å². The number of sulfone groups is 1. The molecule has 0 saturated heterocycles. The van der Waals surface area contributed by atoms with Gasteiger partial charge in [-0.3, -0.25) is 0 Å². The molecule has 0 saturated carbocycles. The maximum Gasteiger partial charge on any atom is 0.154 e. The minimum Gasteiger partial charge on any atom is -0.488 e. The van der Waals surface area contributed by atoms with E-state index in [2.05, 4.69) is 0 Å². The number of benzene rings is 1. The molecule has 0 radical (unpaired) electrons. The second-order valence-corrected chi connectivity index (χ2v) is 7.39. The zero-order chi connectivity index (χ0) is 13.1. The van der Waals surface area contributed by atoms with Crippen molar-refractivity contribution in [2.24, 2.45) is 0 Å². The summed E-state index contributed by atoms with van der Waals surface area (Å²) in [5, 5.41) is 0. The van der Waals surface area contributed by atoms with Crippen LogP contribution in [0.2, 0.25) is 0 Å². The van der Waals surface area contributed by atoms with Crippen LogP contribution in [0.15, 0.2) is 24.3 Å². The Balaban J connectivity index is 2.76. The van der Waals surface area contributed by atoms with Crippen molar-refractivity contribution in [1.82, 2.24) is 0 Å². The maximum absolute atomic E-state index is 11.5. The first kappa shape index (κ1) is 14.0. The Morgan fingerprint density at radius 2 is 1.65 bits per heavy atom. The van der Waals surface area contributed by atoms with Crippen molar-refractivity contribution < 1.29 is 13.2 Å². The molecule has 0 heterocycles. The smallest absolute Gasteiger partial charge is 0.154 e. The van der Waals surface area contributed by atoms with Crippen molar-refractivity contribution in [1.29, 1.82) is 0 Å². The first-order valence-electron chi connectivity index (χ1n) is 5.70. The second-order valence-electron chi connectivity index (χ2n) is 5.03. The van der Waals surface area contributed by atoms with Crippen LogP contribution in [0.25, 0.3) is 0 Å². The molecular formula is C13H20O3S. The summed E-state index contributed by atoms with van der Waals surface area (Å²) in [6, 6.07) is 7.22. The van der Waals surface area contributed by atoms with Crippen LogP contribution in [0.1, 0.15) is 33.3 Å². The molecule has 0 unspecified atom stereocenters. The molecule has 0 amide bonds. The molecule has 0 spiro atoms. The van der Waals surface area contributed by atoms with Crippen LogP contribution < -0.4 is 4.74 Å². The van der Waals surface area contributed by atoms with Gasteiger partial charge in [0.15, 0.2) is 9.84 Å². The van der Waals surface area contributed by atoms with E-state index in [1.165, 1.54) is 0 Å². The van der Waals surface area contributed by atoms with Crippen molar-refractivity contribution in [3.8, 4) is 5.75 Å². The molecule has 0 aromatic heterocycles. The molecule has 0 aliphatic heterocycles. The minimum absolute atomic E-state index is 0.0965. The van der Waals surface area contributed by atoms with Gasteiger partial charge in [-0.05, 0) is 38.5 Å². The topological polar surface area (TPSA) is 43.4 Å². The van der Waals surface area contributed by atoms with Crippen molar-refractivity contribution in [3.05, 3.63) is 29.8 Å². The van der Waals surface area contributed by atoms with Crippen LogP contribution >= 0.6 is 0 Å². The lowest BCUT2D eigenvalue weighted by molar-refractivity contribution is 0.131. The van der Waals surface area contributed by atoms with Gasteiger partial charge >= 0.3 is 0 Å². The van der Waals surface area contributed by atoms with E-state index in [0.717, 1.165) is 11.3 Å². The fourth-order valence-corrected chi connectivity index (χ4v) is 2.27. The van der Waals surface area contributed by atoms with E-state index in [1.807, 2.05) is 32.9 Å². The third-order valence-corrected chi connectivity index (χ3v) is 3.83. The highest BCUT2D eigenvalue weighted by Crippen LogP contribution is 2.19. The number of hydrogen-bond acceptors (Lipinski definition) is 3. The van der Waals surface area contributed by atoms with Gasteiger partial charge in [-0.1, -0.05) is 19.1 Å². The molecule has 0 fully saturated rings. The molecule has 0 N–H and O–H groups in total. The maximum atomic E-state index is 11.5. The van der Waals surface area contributed by atoms with E-state index in [9.17, 15) is 8.42 Å². The van der Waals surface area contributed by atoms with Gasteiger partial charge in [-0.2, -0.15) is 0 Å². The number of rotatable bonds is 4. The Kier molecular flexibility index (Phi) is 4.20. The summed E-state index contributed by atoms with van der Waals surface area (Å²) in [5.41, 5.74) is 0.560. The Morgan fingerprint density at radius 1 is 1.12 bits per heavy atom. The van der Waals surface area contributed by atoms with Crippen molar-refractivity contribution in [2.45, 2.75) is 39.0 Å². The van der Waals surface area contributed by atoms with Gasteiger partial charge in [0.1, 0.15) is 11.4 Å². The summed E-state index contributed by atoms with van der Waals surface area (Å²) >= 11 is 0. The molecule has 1 aromatic rings. The molecule has 1 rings (SSSR count). The first-order valence-corrected chi connectivity index (χ1v) is 7.52. The number of hydrogen-bond donors (Lipinski definition) is 0. The molecule has 0 aliphatic carbocycles. The average molecular weight is 256 g/mol. The van der Waals surface area contributed by atoms with E-state index in [1.54, 1.807) is 19.1 Å². The zero-order valence-electron chi connectivity index (χ0n) is 10.9. The van der Waals surface area contributed by atoms with Crippen molar-refractivity contribution >= 4 is 9.84 Å². The molecular weight excluding hydrogens is 236 g/mol. The van der Waals surface area contributed by atoms with Gasteiger partial charge in [0.2, 0.25) is 0 Å². The highest BCUT2D eigenvalue weighted by atomic mass is 32.2. The lowest BCUT2D eigenvalue weighted by atomic mass is 10.2. The molecule has 17 heavy (non-hydrogen) atoms. The molecule has 96 valence electrons. The Morgan fingerprint density at radius 3 is 2.06 bits per heavy atom. The van der Waals surface area contributed by atoms with E-state index < -0.39 is 9.84 Å². The summed E-state index contributed by atoms with van der Waals surface area (Å²) in [6.45, 7) is 7.58. The fraction of sp³-hybridized carbons (Fsp3) is 0.538. The van der Waals surface area contributed by atoms with Gasteiger partial charge in [0.25, 0.3) is 0 Å². The molecule has 3 nitrogen and oxygen atoms in total. The van der Waals surface area contributed by atoms with E-state index in [0.29, 0.717) is 0 Å². The van der Waals surface area contributed by atoms with Gasteiger partial charge in [0, 0.05) is 5.75 Å². The summed E-state index contributed by atoms with van der Waals surface area (Å²) in [5.74, 6) is 1.03. The zero-order valence-corrected chi connectivity index (χ0v) is 11.7. The third kappa shape index (κ3) is 5.22.